The van der Waals surface area contributed by atoms with E-state index >= 15 is 0 Å². The van der Waals surface area contributed by atoms with E-state index in [4.69, 9.17) is 0 Å². The molecule has 2 aromatic rings. The second kappa shape index (κ2) is 8.99. The number of hydrogen-bond donors (Lipinski definition) is 1. The van der Waals surface area contributed by atoms with E-state index in [0.29, 0.717) is 27.8 Å². The fourth-order valence-electron chi connectivity index (χ4n) is 3.26. The molecule has 0 aliphatic heterocycles. The van der Waals surface area contributed by atoms with Crippen molar-refractivity contribution in [3.63, 3.8) is 0 Å². The fraction of sp³-hybridized carbons (Fsp3) is 0.381. The predicted octanol–water partition coefficient (Wildman–Crippen LogP) is 4.53. The molecule has 5 nitrogen and oxygen atoms in total. The Kier molecular flexibility index (Phi) is 6.60. The Hall–Kier alpha value is -2.68. The Balaban J connectivity index is 1.57. The zero-order valence-corrected chi connectivity index (χ0v) is 17.3. The van der Waals surface area contributed by atoms with Crippen LogP contribution >= 0.6 is 11.3 Å². The highest BCUT2D eigenvalue weighted by atomic mass is 32.1. The van der Waals surface area contributed by atoms with E-state index in [9.17, 15) is 22.8 Å². The molecule has 1 atom stereocenters. The van der Waals surface area contributed by atoms with Gasteiger partial charge in [0, 0.05) is 24.0 Å². The SMILES string of the molecule is C=CC(=O)Nc1ccc(CCC(=O)N(C)c2nc3c(s2)CC(C(F)(F)F)CC3)cc1. The number of aromatic nitrogens is 1. The molecule has 0 bridgehead atoms. The molecule has 1 unspecified atom stereocenters. The van der Waals surface area contributed by atoms with Gasteiger partial charge in [-0.2, -0.15) is 13.2 Å². The molecule has 0 saturated heterocycles. The monoisotopic (exact) mass is 437 g/mol. The second-order valence-electron chi connectivity index (χ2n) is 7.19. The lowest BCUT2D eigenvalue weighted by Crippen LogP contribution is -2.28. The van der Waals surface area contributed by atoms with Gasteiger partial charge >= 0.3 is 6.18 Å². The van der Waals surface area contributed by atoms with Crippen molar-refractivity contribution in [1.82, 2.24) is 4.98 Å². The largest absolute Gasteiger partial charge is 0.392 e. The Morgan fingerprint density at radius 3 is 2.67 bits per heavy atom. The maximum atomic E-state index is 13.0. The van der Waals surface area contributed by atoms with E-state index < -0.39 is 12.1 Å². The van der Waals surface area contributed by atoms with Crippen molar-refractivity contribution in [2.45, 2.75) is 38.3 Å². The van der Waals surface area contributed by atoms with Crippen LogP contribution in [-0.4, -0.2) is 30.0 Å². The van der Waals surface area contributed by atoms with Gasteiger partial charge in [-0.1, -0.05) is 18.7 Å². The molecule has 9 heteroatoms. The smallest absolute Gasteiger partial charge is 0.323 e. The summed E-state index contributed by atoms with van der Waals surface area (Å²) >= 11 is 1.17. The highest BCUT2D eigenvalue weighted by molar-refractivity contribution is 7.15. The van der Waals surface area contributed by atoms with Crippen LogP contribution in [0.3, 0.4) is 0 Å². The van der Waals surface area contributed by atoms with Crippen molar-refractivity contribution >= 4 is 34.0 Å². The van der Waals surface area contributed by atoms with Gasteiger partial charge < -0.3 is 5.32 Å². The summed E-state index contributed by atoms with van der Waals surface area (Å²) in [5, 5.41) is 3.09. The number of nitrogens with one attached hydrogen (secondary N) is 1. The van der Waals surface area contributed by atoms with Gasteiger partial charge in [-0.3, -0.25) is 14.5 Å². The van der Waals surface area contributed by atoms with Crippen LogP contribution in [0.1, 0.15) is 29.0 Å². The molecule has 2 amide bonds. The minimum atomic E-state index is -4.20. The number of alkyl halides is 3. The third-order valence-corrected chi connectivity index (χ3v) is 6.28. The van der Waals surface area contributed by atoms with Crippen molar-refractivity contribution < 1.29 is 22.8 Å². The number of halogens is 3. The molecule has 160 valence electrons. The van der Waals surface area contributed by atoms with Gasteiger partial charge in [0.1, 0.15) is 0 Å². The van der Waals surface area contributed by atoms with E-state index in [0.717, 1.165) is 5.56 Å². The molecular weight excluding hydrogens is 415 g/mol. The van der Waals surface area contributed by atoms with Crippen LogP contribution in [0.25, 0.3) is 0 Å². The first-order valence-corrected chi connectivity index (χ1v) is 10.3. The second-order valence-corrected chi connectivity index (χ2v) is 8.25. The van der Waals surface area contributed by atoms with Gasteiger partial charge in [0.15, 0.2) is 5.13 Å². The minimum Gasteiger partial charge on any atom is -0.323 e. The van der Waals surface area contributed by atoms with Crippen molar-refractivity contribution in [1.29, 1.82) is 0 Å². The van der Waals surface area contributed by atoms with Crippen LogP contribution in [0.4, 0.5) is 24.0 Å². The van der Waals surface area contributed by atoms with Crippen LogP contribution in [-0.2, 0) is 28.9 Å². The first-order chi connectivity index (χ1) is 14.2. The van der Waals surface area contributed by atoms with Gasteiger partial charge in [-0.05, 0) is 49.5 Å². The highest BCUT2D eigenvalue weighted by Crippen LogP contribution is 2.40. The quantitative estimate of drug-likeness (QED) is 0.676. The maximum Gasteiger partial charge on any atom is 0.392 e. The average Bonchev–Trinajstić information content (AvgIpc) is 3.15. The Morgan fingerprint density at radius 2 is 2.03 bits per heavy atom. The molecule has 0 saturated carbocycles. The van der Waals surface area contributed by atoms with E-state index in [2.05, 4.69) is 16.9 Å². The highest BCUT2D eigenvalue weighted by Gasteiger charge is 2.42. The lowest BCUT2D eigenvalue weighted by molar-refractivity contribution is -0.176. The molecule has 1 aromatic heterocycles. The minimum absolute atomic E-state index is 0.0422. The van der Waals surface area contributed by atoms with Gasteiger partial charge in [0.2, 0.25) is 11.8 Å². The van der Waals surface area contributed by atoms with E-state index in [1.165, 1.54) is 22.3 Å². The van der Waals surface area contributed by atoms with Gasteiger partial charge in [0.05, 0.1) is 11.6 Å². The van der Waals surface area contributed by atoms with Crippen LogP contribution in [0.15, 0.2) is 36.9 Å². The fourth-order valence-corrected chi connectivity index (χ4v) is 4.42. The van der Waals surface area contributed by atoms with E-state index in [-0.39, 0.29) is 37.5 Å². The number of rotatable bonds is 6. The van der Waals surface area contributed by atoms with Crippen molar-refractivity contribution in [3.05, 3.63) is 53.1 Å². The Labute approximate surface area is 176 Å². The average molecular weight is 437 g/mol. The number of carbonyl (C=O) groups excluding carboxylic acids is 2. The van der Waals surface area contributed by atoms with Crippen molar-refractivity contribution in [2.75, 3.05) is 17.3 Å². The summed E-state index contributed by atoms with van der Waals surface area (Å²) in [6.07, 6.45) is -2.01. The lowest BCUT2D eigenvalue weighted by atomic mass is 9.91. The first kappa shape index (κ1) is 22.0. The van der Waals surface area contributed by atoms with Crippen molar-refractivity contribution in [3.8, 4) is 0 Å². The molecule has 0 radical (unpaired) electrons. The maximum absolute atomic E-state index is 13.0. The summed E-state index contributed by atoms with van der Waals surface area (Å²) in [5.41, 5.74) is 2.24. The number of carbonyl (C=O) groups is 2. The molecule has 1 N–H and O–H groups in total. The first-order valence-electron chi connectivity index (χ1n) is 9.51. The van der Waals surface area contributed by atoms with Gasteiger partial charge in [-0.25, -0.2) is 4.98 Å². The number of hydrogen-bond acceptors (Lipinski definition) is 4. The van der Waals surface area contributed by atoms with Crippen LogP contribution in [0, 0.1) is 5.92 Å². The Bertz CT molecular complexity index is 938. The van der Waals surface area contributed by atoms with Gasteiger partial charge in [0.25, 0.3) is 0 Å². The zero-order chi connectivity index (χ0) is 21.9. The number of anilines is 2. The third-order valence-electron chi connectivity index (χ3n) is 5.09. The molecule has 1 heterocycles. The normalized spacial score (nSPS) is 15.9. The topological polar surface area (TPSA) is 62.3 Å². The number of nitrogens with zero attached hydrogens (tertiary/aromatic N) is 2. The summed E-state index contributed by atoms with van der Waals surface area (Å²) < 4.78 is 39.0. The molecule has 0 fully saturated rings. The molecule has 30 heavy (non-hydrogen) atoms. The summed E-state index contributed by atoms with van der Waals surface area (Å²) in [4.78, 5) is 30.3. The number of aryl methyl sites for hydroxylation is 2. The standard InChI is InChI=1S/C21H22F3N3O2S/c1-3-18(28)25-15-8-4-13(5-9-15)6-11-19(29)27(2)20-26-16-10-7-14(21(22,23)24)12-17(16)30-20/h3-5,8-9,14H,1,6-7,10-12H2,2H3,(H,25,28). The molecule has 1 aromatic carbocycles. The summed E-state index contributed by atoms with van der Waals surface area (Å²) in [7, 11) is 1.60. The van der Waals surface area contributed by atoms with E-state index in [1.54, 1.807) is 19.2 Å². The predicted molar refractivity (Wildman–Crippen MR) is 111 cm³/mol. The number of amides is 2. The number of fused-ring (bicyclic) bond motifs is 1. The van der Waals surface area contributed by atoms with Gasteiger partial charge in [-0.15, -0.1) is 11.3 Å². The van der Waals surface area contributed by atoms with Crippen LogP contribution in [0.5, 0.6) is 0 Å². The molecule has 1 aliphatic carbocycles. The molecule has 0 spiro atoms. The molecule has 3 rings (SSSR count). The van der Waals surface area contributed by atoms with E-state index in [1.807, 2.05) is 12.1 Å². The number of thiazole rings is 1. The summed E-state index contributed by atoms with van der Waals surface area (Å²) in [6, 6.07) is 7.14. The van der Waals surface area contributed by atoms with Crippen LogP contribution < -0.4 is 10.2 Å². The van der Waals surface area contributed by atoms with Crippen molar-refractivity contribution in [2.24, 2.45) is 5.92 Å². The molecule has 1 aliphatic rings. The van der Waals surface area contributed by atoms with Crippen LogP contribution in [0.2, 0.25) is 0 Å². The third kappa shape index (κ3) is 5.27. The zero-order valence-electron chi connectivity index (χ0n) is 16.5. The summed E-state index contributed by atoms with van der Waals surface area (Å²) in [6.45, 7) is 3.39. The summed E-state index contributed by atoms with van der Waals surface area (Å²) in [5.74, 6) is -1.79. The Morgan fingerprint density at radius 1 is 1.33 bits per heavy atom. The lowest BCUT2D eigenvalue weighted by Gasteiger charge is -2.23. The molecular formula is C21H22F3N3O2S. The number of benzene rings is 1.